The fraction of sp³-hybridized carbons (Fsp3) is 0.192. The summed E-state index contributed by atoms with van der Waals surface area (Å²) in [5.74, 6) is -2.09. The maximum atomic E-state index is 13.4. The van der Waals surface area contributed by atoms with Crippen LogP contribution in [0, 0.1) is 0 Å². The molecule has 0 saturated carbocycles. The average molecular weight is 515 g/mol. The number of methoxy groups -OCH3 is 1. The predicted octanol–water partition coefficient (Wildman–Crippen LogP) is 3.52. The van der Waals surface area contributed by atoms with Crippen LogP contribution in [0.4, 0.5) is 13.2 Å². The highest BCUT2D eigenvalue weighted by Gasteiger charge is 2.49. The Bertz CT molecular complexity index is 1340. The molecule has 0 spiro atoms. The fourth-order valence-electron chi connectivity index (χ4n) is 3.81. The largest absolute Gasteiger partial charge is 0.497 e. The molecule has 1 aliphatic rings. The second-order valence-corrected chi connectivity index (χ2v) is 8.02. The summed E-state index contributed by atoms with van der Waals surface area (Å²) in [5, 5.41) is 16.7. The molecule has 0 aliphatic carbocycles. The van der Waals surface area contributed by atoms with Crippen LogP contribution >= 0.6 is 0 Å². The molecule has 3 aromatic carbocycles. The second-order valence-electron chi connectivity index (χ2n) is 8.02. The van der Waals surface area contributed by atoms with E-state index < -0.39 is 17.7 Å². The summed E-state index contributed by atoms with van der Waals surface area (Å²) in [6.07, 6.45) is -5.08. The average Bonchev–Trinajstić information content (AvgIpc) is 3.13. The van der Waals surface area contributed by atoms with Crippen LogP contribution in [-0.4, -0.2) is 53.3 Å². The molecule has 1 atom stereocenters. The van der Waals surface area contributed by atoms with E-state index in [2.05, 4.69) is 4.99 Å². The van der Waals surface area contributed by atoms with Crippen molar-refractivity contribution < 1.29 is 37.7 Å². The number of likely N-dealkylation sites (N-methyl/N-ethyl adjacent to an activating group) is 1. The van der Waals surface area contributed by atoms with Gasteiger partial charge in [0.15, 0.2) is 11.5 Å². The van der Waals surface area contributed by atoms with Crippen molar-refractivity contribution in [1.82, 2.24) is 4.90 Å². The highest BCUT2D eigenvalue weighted by Crippen LogP contribution is 2.41. The van der Waals surface area contributed by atoms with E-state index in [4.69, 9.17) is 20.4 Å². The van der Waals surface area contributed by atoms with Crippen LogP contribution in [0.2, 0.25) is 0 Å². The van der Waals surface area contributed by atoms with Crippen LogP contribution < -0.4 is 10.5 Å². The molecule has 0 aromatic heterocycles. The smallest absolute Gasteiger partial charge is 0.490 e. The van der Waals surface area contributed by atoms with Gasteiger partial charge in [0.25, 0.3) is 5.91 Å². The third-order valence-corrected chi connectivity index (χ3v) is 5.69. The van der Waals surface area contributed by atoms with Gasteiger partial charge in [-0.25, -0.2) is 9.79 Å². The van der Waals surface area contributed by atoms with Crippen LogP contribution in [0.15, 0.2) is 77.8 Å². The van der Waals surface area contributed by atoms with E-state index in [1.54, 1.807) is 26.3 Å². The number of aliphatic hydroxyl groups excluding tert-OH is 1. The summed E-state index contributed by atoms with van der Waals surface area (Å²) in [6.45, 7) is -0.128. The number of carboxylic acid groups (broad SMARTS) is 1. The second kappa shape index (κ2) is 10.7. The first-order chi connectivity index (χ1) is 17.4. The predicted molar refractivity (Wildman–Crippen MR) is 130 cm³/mol. The van der Waals surface area contributed by atoms with Crippen molar-refractivity contribution in [3.05, 3.63) is 89.5 Å². The van der Waals surface area contributed by atoms with Crippen LogP contribution in [0.3, 0.4) is 0 Å². The van der Waals surface area contributed by atoms with Crippen LogP contribution in [0.5, 0.6) is 5.75 Å². The number of amides is 1. The van der Waals surface area contributed by atoms with E-state index in [-0.39, 0.29) is 18.5 Å². The molecule has 11 heteroatoms. The summed E-state index contributed by atoms with van der Waals surface area (Å²) in [4.78, 5) is 28.3. The normalized spacial score (nSPS) is 17.1. The molecule has 194 valence electrons. The molecule has 0 fully saturated rings. The van der Waals surface area contributed by atoms with Gasteiger partial charge in [-0.2, -0.15) is 13.2 Å². The van der Waals surface area contributed by atoms with E-state index in [0.717, 1.165) is 16.9 Å². The van der Waals surface area contributed by atoms with Crippen LogP contribution in [0.25, 0.3) is 11.1 Å². The van der Waals surface area contributed by atoms with E-state index in [1.165, 1.54) is 4.90 Å². The number of halogens is 3. The van der Waals surface area contributed by atoms with Gasteiger partial charge in [0.1, 0.15) is 5.75 Å². The zero-order valence-corrected chi connectivity index (χ0v) is 19.9. The lowest BCUT2D eigenvalue weighted by Gasteiger charge is -2.27. The zero-order valence-electron chi connectivity index (χ0n) is 19.9. The molecule has 8 nitrogen and oxygen atoms in total. The Labute approximate surface area is 210 Å². The summed E-state index contributed by atoms with van der Waals surface area (Å²) in [5.41, 5.74) is 8.72. The fourth-order valence-corrected chi connectivity index (χ4v) is 3.81. The number of alkyl halides is 3. The van der Waals surface area contributed by atoms with Gasteiger partial charge in [-0.3, -0.25) is 9.69 Å². The van der Waals surface area contributed by atoms with Crippen LogP contribution in [0.1, 0.15) is 16.7 Å². The minimum atomic E-state index is -5.08. The first-order valence-electron chi connectivity index (χ1n) is 10.8. The maximum absolute atomic E-state index is 13.4. The number of aliphatic carboxylic acids is 1. The molecule has 1 heterocycles. The molecule has 1 unspecified atom stereocenters. The van der Waals surface area contributed by atoms with E-state index in [0.29, 0.717) is 16.7 Å². The lowest BCUT2D eigenvalue weighted by Crippen LogP contribution is -2.41. The molecular formula is C26H24F3N3O5. The van der Waals surface area contributed by atoms with Gasteiger partial charge in [0.05, 0.1) is 13.7 Å². The molecule has 0 bridgehead atoms. The number of benzene rings is 3. The number of aliphatic hydroxyl groups is 1. The Balaban J connectivity index is 0.000000479. The number of nitrogens with zero attached hydrogens (tertiary/aromatic N) is 2. The number of hydrogen-bond acceptors (Lipinski definition) is 6. The minimum Gasteiger partial charge on any atom is -0.497 e. The summed E-state index contributed by atoms with van der Waals surface area (Å²) >= 11 is 0. The van der Waals surface area contributed by atoms with Gasteiger partial charge in [-0.15, -0.1) is 0 Å². The van der Waals surface area contributed by atoms with Gasteiger partial charge in [-0.05, 0) is 46.0 Å². The standard InChI is InChI=1S/C24H23N3O3.C2HF3O2/c1-27-22(29)24(26-23(27)25,19-9-3-6-16(12-19)15-28)20-10-4-7-17(13-20)18-8-5-11-21(14-18)30-2;3-2(4,5)1(6)7/h3-14,28H,15H2,1-2H3,(H2,25,26);(H,6,7). The first kappa shape index (κ1) is 27.2. The maximum Gasteiger partial charge on any atom is 0.490 e. The lowest BCUT2D eigenvalue weighted by atomic mass is 9.81. The highest BCUT2D eigenvalue weighted by atomic mass is 19.4. The van der Waals surface area contributed by atoms with Gasteiger partial charge in [-0.1, -0.05) is 54.6 Å². The topological polar surface area (TPSA) is 125 Å². The number of carboxylic acids is 1. The zero-order chi connectivity index (χ0) is 27.4. The SMILES string of the molecule is COc1cccc(-c2cccc(C3(c4cccc(CO)c4)N=C(N)N(C)C3=O)c2)c1.O=C(O)C(F)(F)F. The van der Waals surface area contributed by atoms with Gasteiger partial charge < -0.3 is 20.7 Å². The molecule has 4 N–H and O–H groups in total. The van der Waals surface area contributed by atoms with E-state index >= 15 is 0 Å². The Morgan fingerprint density at radius 1 is 1.03 bits per heavy atom. The Kier molecular flexibility index (Phi) is 7.87. The number of carbonyl (C=O) groups excluding carboxylic acids is 1. The van der Waals surface area contributed by atoms with Crippen molar-refractivity contribution in [2.75, 3.05) is 14.2 Å². The number of carbonyl (C=O) groups is 2. The quantitative estimate of drug-likeness (QED) is 0.478. The third kappa shape index (κ3) is 5.56. The Morgan fingerprint density at radius 3 is 2.08 bits per heavy atom. The van der Waals surface area contributed by atoms with Crippen molar-refractivity contribution in [1.29, 1.82) is 0 Å². The Morgan fingerprint density at radius 2 is 1.57 bits per heavy atom. The number of guanidine groups is 1. The van der Waals surface area contributed by atoms with E-state index in [9.17, 15) is 23.1 Å². The highest BCUT2D eigenvalue weighted by molar-refractivity contribution is 6.09. The molecule has 0 saturated heterocycles. The third-order valence-electron chi connectivity index (χ3n) is 5.69. The van der Waals surface area contributed by atoms with Crippen molar-refractivity contribution in [2.24, 2.45) is 10.7 Å². The van der Waals surface area contributed by atoms with Gasteiger partial charge >= 0.3 is 12.1 Å². The van der Waals surface area contributed by atoms with Crippen molar-refractivity contribution >= 4 is 17.8 Å². The van der Waals surface area contributed by atoms with Crippen molar-refractivity contribution in [3.8, 4) is 16.9 Å². The molecule has 3 aromatic rings. The Hall–Kier alpha value is -4.38. The summed E-state index contributed by atoms with van der Waals surface area (Å²) in [7, 11) is 3.24. The summed E-state index contributed by atoms with van der Waals surface area (Å²) in [6, 6.07) is 22.7. The number of rotatable bonds is 5. The summed E-state index contributed by atoms with van der Waals surface area (Å²) < 4.78 is 37.1. The van der Waals surface area contributed by atoms with Crippen molar-refractivity contribution in [2.45, 2.75) is 18.3 Å². The molecule has 1 aliphatic heterocycles. The number of hydrogen-bond donors (Lipinski definition) is 3. The molecule has 1 amide bonds. The number of aliphatic imine (C=N–C) groups is 1. The molecule has 4 rings (SSSR count). The van der Waals surface area contributed by atoms with Gasteiger partial charge in [0.2, 0.25) is 0 Å². The monoisotopic (exact) mass is 515 g/mol. The molecule has 37 heavy (non-hydrogen) atoms. The van der Waals surface area contributed by atoms with Crippen molar-refractivity contribution in [3.63, 3.8) is 0 Å². The first-order valence-corrected chi connectivity index (χ1v) is 10.8. The minimum absolute atomic E-state index is 0.128. The lowest BCUT2D eigenvalue weighted by molar-refractivity contribution is -0.192. The van der Waals surface area contributed by atoms with E-state index in [1.807, 2.05) is 60.7 Å². The number of ether oxygens (including phenoxy) is 1. The molecule has 0 radical (unpaired) electrons. The molecular weight excluding hydrogens is 491 g/mol. The number of nitrogens with two attached hydrogens (primary N) is 1. The van der Waals surface area contributed by atoms with Crippen LogP contribution in [-0.2, 0) is 21.7 Å². The van der Waals surface area contributed by atoms with Gasteiger partial charge in [0, 0.05) is 7.05 Å².